The third-order valence-electron chi connectivity index (χ3n) is 3.60. The van der Waals surface area contributed by atoms with Crippen LogP contribution in [0.2, 0.25) is 0 Å². The van der Waals surface area contributed by atoms with Gasteiger partial charge >= 0.3 is 0 Å². The quantitative estimate of drug-likeness (QED) is 0.821. The summed E-state index contributed by atoms with van der Waals surface area (Å²) < 4.78 is 0. The van der Waals surface area contributed by atoms with E-state index in [1.165, 1.54) is 0 Å². The highest BCUT2D eigenvalue weighted by Crippen LogP contribution is 2.23. The molecule has 0 bridgehead atoms. The molecule has 0 aromatic heterocycles. The van der Waals surface area contributed by atoms with Gasteiger partial charge in [-0.3, -0.25) is 9.59 Å². The maximum absolute atomic E-state index is 12.0. The summed E-state index contributed by atoms with van der Waals surface area (Å²) in [5, 5.41) is 5.67. The lowest BCUT2D eigenvalue weighted by Crippen LogP contribution is -2.34. The number of rotatable bonds is 6. The monoisotopic (exact) mass is 275 g/mol. The van der Waals surface area contributed by atoms with E-state index in [0.29, 0.717) is 18.5 Å². The number of fused-ring (bicyclic) bond motifs is 1. The number of amides is 2. The van der Waals surface area contributed by atoms with Crippen LogP contribution in [-0.2, 0) is 11.2 Å². The lowest BCUT2D eigenvalue weighted by atomic mass is 10.1. The number of benzene rings is 1. The topological polar surface area (TPSA) is 61.4 Å². The van der Waals surface area contributed by atoms with Gasteiger partial charge in [-0.2, -0.15) is 0 Å². The van der Waals surface area contributed by atoms with Crippen molar-refractivity contribution in [3.05, 3.63) is 29.3 Å². The molecule has 20 heavy (non-hydrogen) atoms. The van der Waals surface area contributed by atoms with Crippen LogP contribution in [0.3, 0.4) is 0 Å². The molecule has 1 heterocycles. The molecule has 2 amide bonds. The van der Waals surface area contributed by atoms with E-state index >= 15 is 0 Å². The summed E-state index contributed by atoms with van der Waals surface area (Å²) in [6.07, 6.45) is 0.357. The molecular weight excluding hydrogens is 254 g/mol. The molecule has 0 saturated heterocycles. The Bertz CT molecular complexity index is 510. The van der Waals surface area contributed by atoms with E-state index in [9.17, 15) is 9.59 Å². The minimum absolute atomic E-state index is 0.0147. The minimum Gasteiger partial charge on any atom is -0.351 e. The van der Waals surface area contributed by atoms with Crippen molar-refractivity contribution in [2.24, 2.45) is 0 Å². The summed E-state index contributed by atoms with van der Waals surface area (Å²) in [5.74, 6) is -0.0987. The van der Waals surface area contributed by atoms with Gasteiger partial charge in [0.05, 0.1) is 6.42 Å². The van der Waals surface area contributed by atoms with E-state index in [1.54, 1.807) is 18.2 Å². The number of likely N-dealkylation sites (N-methyl/N-ethyl adjacent to an activating group) is 1. The molecule has 0 unspecified atom stereocenters. The van der Waals surface area contributed by atoms with Gasteiger partial charge in [0.2, 0.25) is 5.91 Å². The zero-order chi connectivity index (χ0) is 14.5. The van der Waals surface area contributed by atoms with Gasteiger partial charge in [0.15, 0.2) is 0 Å². The Balaban J connectivity index is 1.90. The third kappa shape index (κ3) is 3.36. The molecule has 1 aromatic carbocycles. The maximum Gasteiger partial charge on any atom is 0.251 e. The smallest absolute Gasteiger partial charge is 0.251 e. The Morgan fingerprint density at radius 3 is 2.80 bits per heavy atom. The van der Waals surface area contributed by atoms with Gasteiger partial charge < -0.3 is 15.5 Å². The van der Waals surface area contributed by atoms with Crippen LogP contribution in [0, 0.1) is 0 Å². The van der Waals surface area contributed by atoms with Crippen molar-refractivity contribution in [2.45, 2.75) is 20.3 Å². The molecule has 1 aliphatic heterocycles. The summed E-state index contributed by atoms with van der Waals surface area (Å²) in [6.45, 7) is 7.67. The minimum atomic E-state index is -0.0840. The van der Waals surface area contributed by atoms with E-state index in [1.807, 2.05) is 0 Å². The Morgan fingerprint density at radius 1 is 1.35 bits per heavy atom. The van der Waals surface area contributed by atoms with E-state index in [-0.39, 0.29) is 11.8 Å². The van der Waals surface area contributed by atoms with Crippen molar-refractivity contribution < 1.29 is 9.59 Å². The Kier molecular flexibility index (Phi) is 4.74. The van der Waals surface area contributed by atoms with E-state index in [2.05, 4.69) is 29.4 Å². The summed E-state index contributed by atoms with van der Waals surface area (Å²) >= 11 is 0. The number of carbonyl (C=O) groups excluding carboxylic acids is 2. The molecule has 0 atom stereocenters. The van der Waals surface area contributed by atoms with Crippen molar-refractivity contribution in [2.75, 3.05) is 31.5 Å². The van der Waals surface area contributed by atoms with Gasteiger partial charge in [-0.25, -0.2) is 0 Å². The molecule has 1 aromatic rings. The number of anilines is 1. The average molecular weight is 275 g/mol. The van der Waals surface area contributed by atoms with Gasteiger partial charge in [-0.05, 0) is 36.9 Å². The standard InChI is InChI=1S/C15H21N3O2/c1-3-18(4-2)8-7-16-15(20)11-5-6-13-12(9-11)10-14(19)17-13/h5-6,9H,3-4,7-8,10H2,1-2H3,(H,16,20)(H,17,19). The highest BCUT2D eigenvalue weighted by molar-refractivity contribution is 6.01. The molecular formula is C15H21N3O2. The Morgan fingerprint density at radius 2 is 2.10 bits per heavy atom. The fourth-order valence-electron chi connectivity index (χ4n) is 2.34. The van der Waals surface area contributed by atoms with Gasteiger partial charge in [0.1, 0.15) is 0 Å². The largest absolute Gasteiger partial charge is 0.351 e. The second-order valence-electron chi connectivity index (χ2n) is 4.88. The second kappa shape index (κ2) is 6.52. The van der Waals surface area contributed by atoms with Crippen molar-refractivity contribution >= 4 is 17.5 Å². The van der Waals surface area contributed by atoms with Crippen LogP contribution < -0.4 is 10.6 Å². The van der Waals surface area contributed by atoms with Crippen LogP contribution in [0.25, 0.3) is 0 Å². The number of hydrogen-bond acceptors (Lipinski definition) is 3. The second-order valence-corrected chi connectivity index (χ2v) is 4.88. The first-order valence-corrected chi connectivity index (χ1v) is 7.07. The summed E-state index contributed by atoms with van der Waals surface area (Å²) in [6, 6.07) is 5.33. The zero-order valence-corrected chi connectivity index (χ0v) is 12.0. The predicted molar refractivity (Wildman–Crippen MR) is 78.9 cm³/mol. The van der Waals surface area contributed by atoms with Crippen LogP contribution in [0.15, 0.2) is 18.2 Å². The summed E-state index contributed by atoms with van der Waals surface area (Å²) in [7, 11) is 0. The maximum atomic E-state index is 12.0. The fraction of sp³-hybridized carbons (Fsp3) is 0.467. The molecule has 0 spiro atoms. The van der Waals surface area contributed by atoms with Crippen molar-refractivity contribution in [3.63, 3.8) is 0 Å². The van der Waals surface area contributed by atoms with Crippen LogP contribution in [0.1, 0.15) is 29.8 Å². The molecule has 5 heteroatoms. The number of carbonyl (C=O) groups is 2. The van der Waals surface area contributed by atoms with E-state index < -0.39 is 0 Å². The number of nitrogens with zero attached hydrogens (tertiary/aromatic N) is 1. The van der Waals surface area contributed by atoms with Crippen molar-refractivity contribution in [3.8, 4) is 0 Å². The van der Waals surface area contributed by atoms with E-state index in [0.717, 1.165) is 30.9 Å². The van der Waals surface area contributed by atoms with Crippen molar-refractivity contribution in [1.29, 1.82) is 0 Å². The van der Waals surface area contributed by atoms with Crippen LogP contribution in [-0.4, -0.2) is 42.9 Å². The summed E-state index contributed by atoms with van der Waals surface area (Å²) in [4.78, 5) is 25.6. The molecule has 0 saturated carbocycles. The van der Waals surface area contributed by atoms with Gasteiger partial charge in [-0.15, -0.1) is 0 Å². The highest BCUT2D eigenvalue weighted by atomic mass is 16.2. The lowest BCUT2D eigenvalue weighted by Gasteiger charge is -2.18. The molecule has 5 nitrogen and oxygen atoms in total. The van der Waals surface area contributed by atoms with E-state index in [4.69, 9.17) is 0 Å². The van der Waals surface area contributed by atoms with Crippen LogP contribution in [0.4, 0.5) is 5.69 Å². The summed E-state index contributed by atoms with van der Waals surface area (Å²) in [5.41, 5.74) is 2.32. The molecule has 0 aliphatic carbocycles. The molecule has 0 fully saturated rings. The van der Waals surface area contributed by atoms with Gasteiger partial charge in [-0.1, -0.05) is 13.8 Å². The Labute approximate surface area is 119 Å². The van der Waals surface area contributed by atoms with Gasteiger partial charge in [0.25, 0.3) is 5.91 Å². The molecule has 1 aliphatic rings. The fourth-order valence-corrected chi connectivity index (χ4v) is 2.34. The first kappa shape index (κ1) is 14.5. The first-order valence-electron chi connectivity index (χ1n) is 7.07. The van der Waals surface area contributed by atoms with Gasteiger partial charge in [0, 0.05) is 24.3 Å². The molecule has 2 N–H and O–H groups in total. The highest BCUT2D eigenvalue weighted by Gasteiger charge is 2.18. The first-order chi connectivity index (χ1) is 9.63. The Hall–Kier alpha value is -1.88. The molecule has 0 radical (unpaired) electrons. The third-order valence-corrected chi connectivity index (χ3v) is 3.60. The average Bonchev–Trinajstić information content (AvgIpc) is 2.82. The number of hydrogen-bond donors (Lipinski definition) is 2. The lowest BCUT2D eigenvalue weighted by molar-refractivity contribution is -0.115. The van der Waals surface area contributed by atoms with Crippen LogP contribution in [0.5, 0.6) is 0 Å². The zero-order valence-electron chi connectivity index (χ0n) is 12.0. The molecule has 108 valence electrons. The number of nitrogens with one attached hydrogen (secondary N) is 2. The van der Waals surface area contributed by atoms with Crippen LogP contribution >= 0.6 is 0 Å². The predicted octanol–water partition coefficient (Wildman–Crippen LogP) is 1.25. The molecule has 2 rings (SSSR count). The normalized spacial score (nSPS) is 13.2. The SMILES string of the molecule is CCN(CC)CCNC(=O)c1ccc2c(c1)CC(=O)N2. The van der Waals surface area contributed by atoms with Crippen molar-refractivity contribution in [1.82, 2.24) is 10.2 Å².